The van der Waals surface area contributed by atoms with Gasteiger partial charge in [-0.05, 0) is 38.0 Å². The van der Waals surface area contributed by atoms with Crippen LogP contribution in [0.2, 0.25) is 0 Å². The molecule has 5 heteroatoms. The van der Waals surface area contributed by atoms with E-state index < -0.39 is 0 Å². The molecule has 2 aromatic rings. The van der Waals surface area contributed by atoms with E-state index >= 15 is 0 Å². The highest BCUT2D eigenvalue weighted by molar-refractivity contribution is 6.07. The van der Waals surface area contributed by atoms with Crippen LogP contribution in [0.25, 0.3) is 0 Å². The summed E-state index contributed by atoms with van der Waals surface area (Å²) in [6.45, 7) is 2.86. The molecule has 2 heterocycles. The van der Waals surface area contributed by atoms with Gasteiger partial charge in [-0.2, -0.15) is 0 Å². The molecule has 1 saturated heterocycles. The van der Waals surface area contributed by atoms with E-state index in [1.807, 2.05) is 17.0 Å². The number of pyridine rings is 1. The molecule has 1 amide bonds. The Labute approximate surface area is 141 Å². The summed E-state index contributed by atoms with van der Waals surface area (Å²) in [5, 5.41) is 3.46. The predicted octanol–water partition coefficient (Wildman–Crippen LogP) is 3.00. The molecule has 0 saturated carbocycles. The lowest BCUT2D eigenvalue weighted by Crippen LogP contribution is -2.42. The van der Waals surface area contributed by atoms with Crippen LogP contribution in [-0.4, -0.2) is 40.7 Å². The van der Waals surface area contributed by atoms with E-state index in [-0.39, 0.29) is 11.7 Å². The summed E-state index contributed by atoms with van der Waals surface area (Å²) >= 11 is 0. The molecule has 0 bridgehead atoms. The van der Waals surface area contributed by atoms with Gasteiger partial charge in [0, 0.05) is 37.1 Å². The average molecular weight is 323 g/mol. The fourth-order valence-electron chi connectivity index (χ4n) is 3.06. The molecule has 1 aliphatic rings. The molecule has 5 nitrogen and oxygen atoms in total. The number of carbonyl (C=O) groups excluding carboxylic acids is 2. The summed E-state index contributed by atoms with van der Waals surface area (Å²) in [5.74, 6) is -0.132. The average Bonchev–Trinajstić information content (AvgIpc) is 2.62. The largest absolute Gasteiger partial charge is 0.381 e. The Morgan fingerprint density at radius 2 is 1.79 bits per heavy atom. The molecule has 0 spiro atoms. The highest BCUT2D eigenvalue weighted by atomic mass is 16.2. The number of rotatable bonds is 4. The van der Waals surface area contributed by atoms with Crippen LogP contribution >= 0.6 is 0 Å². The summed E-state index contributed by atoms with van der Waals surface area (Å²) in [6, 6.07) is 11.3. The van der Waals surface area contributed by atoms with Crippen LogP contribution in [0.1, 0.15) is 40.5 Å². The second kappa shape index (κ2) is 7.25. The first-order chi connectivity index (χ1) is 11.6. The van der Waals surface area contributed by atoms with E-state index in [9.17, 15) is 9.59 Å². The second-order valence-corrected chi connectivity index (χ2v) is 6.05. The van der Waals surface area contributed by atoms with Gasteiger partial charge in [0.1, 0.15) is 0 Å². The van der Waals surface area contributed by atoms with Crippen LogP contribution in [0.5, 0.6) is 0 Å². The lowest BCUT2D eigenvalue weighted by Gasteiger charge is -2.33. The van der Waals surface area contributed by atoms with Crippen LogP contribution in [0.3, 0.4) is 0 Å². The Kier molecular flexibility index (Phi) is 4.89. The number of amides is 1. The minimum Gasteiger partial charge on any atom is -0.381 e. The number of aromatic nitrogens is 1. The summed E-state index contributed by atoms with van der Waals surface area (Å²) < 4.78 is 0. The molecule has 3 rings (SSSR count). The zero-order valence-electron chi connectivity index (χ0n) is 13.7. The molecule has 0 aliphatic carbocycles. The molecule has 0 atom stereocenters. The molecule has 1 fully saturated rings. The van der Waals surface area contributed by atoms with Gasteiger partial charge in [0.05, 0.1) is 11.3 Å². The number of anilines is 1. The summed E-state index contributed by atoms with van der Waals surface area (Å²) in [4.78, 5) is 30.4. The van der Waals surface area contributed by atoms with Crippen molar-refractivity contribution in [1.29, 1.82) is 0 Å². The number of hydrogen-bond donors (Lipinski definition) is 1. The van der Waals surface area contributed by atoms with E-state index in [4.69, 9.17) is 0 Å². The first kappa shape index (κ1) is 16.2. The summed E-state index contributed by atoms with van der Waals surface area (Å²) in [6.07, 6.45) is 5.31. The molecule has 1 aliphatic heterocycles. The Morgan fingerprint density at radius 1 is 1.08 bits per heavy atom. The fourth-order valence-corrected chi connectivity index (χ4v) is 3.06. The fraction of sp³-hybridized carbons (Fsp3) is 0.316. The quantitative estimate of drug-likeness (QED) is 0.879. The monoisotopic (exact) mass is 323 g/mol. The van der Waals surface area contributed by atoms with Gasteiger partial charge in [-0.3, -0.25) is 14.6 Å². The first-order valence-corrected chi connectivity index (χ1v) is 8.21. The number of nitrogens with one attached hydrogen (secondary N) is 1. The number of ketones is 1. The van der Waals surface area contributed by atoms with Crippen molar-refractivity contribution in [2.24, 2.45) is 0 Å². The van der Waals surface area contributed by atoms with Crippen LogP contribution in [0, 0.1) is 0 Å². The summed E-state index contributed by atoms with van der Waals surface area (Å²) in [7, 11) is 0. The zero-order chi connectivity index (χ0) is 16.9. The maximum atomic E-state index is 12.7. The van der Waals surface area contributed by atoms with Crippen molar-refractivity contribution in [2.45, 2.75) is 25.8 Å². The predicted molar refractivity (Wildman–Crippen MR) is 93.2 cm³/mol. The minimum absolute atomic E-state index is 0.0550. The number of benzene rings is 1. The van der Waals surface area contributed by atoms with E-state index in [0.717, 1.165) is 18.5 Å². The number of hydrogen-bond acceptors (Lipinski definition) is 4. The van der Waals surface area contributed by atoms with Crippen LogP contribution in [-0.2, 0) is 0 Å². The zero-order valence-corrected chi connectivity index (χ0v) is 13.7. The van der Waals surface area contributed by atoms with E-state index in [2.05, 4.69) is 10.3 Å². The number of piperidine rings is 1. The van der Waals surface area contributed by atoms with E-state index in [1.165, 1.54) is 6.92 Å². The lowest BCUT2D eigenvalue weighted by atomic mass is 10.00. The third-order valence-corrected chi connectivity index (χ3v) is 4.35. The van der Waals surface area contributed by atoms with Crippen molar-refractivity contribution in [3.05, 3.63) is 59.9 Å². The van der Waals surface area contributed by atoms with Gasteiger partial charge >= 0.3 is 0 Å². The Balaban J connectivity index is 1.62. The topological polar surface area (TPSA) is 62.3 Å². The molecule has 1 aromatic heterocycles. The van der Waals surface area contributed by atoms with Crippen LogP contribution in [0.4, 0.5) is 5.69 Å². The molecular weight excluding hydrogens is 302 g/mol. The molecule has 1 aromatic carbocycles. The molecule has 124 valence electrons. The van der Waals surface area contributed by atoms with E-state index in [0.29, 0.717) is 30.3 Å². The van der Waals surface area contributed by atoms with Gasteiger partial charge in [0.15, 0.2) is 5.78 Å². The van der Waals surface area contributed by atoms with Crippen molar-refractivity contribution in [3.63, 3.8) is 0 Å². The van der Waals surface area contributed by atoms with Crippen molar-refractivity contribution in [1.82, 2.24) is 9.88 Å². The van der Waals surface area contributed by atoms with Crippen LogP contribution < -0.4 is 5.32 Å². The number of carbonyl (C=O) groups is 2. The van der Waals surface area contributed by atoms with Crippen LogP contribution in [0.15, 0.2) is 48.8 Å². The normalized spacial score (nSPS) is 15.1. The van der Waals surface area contributed by atoms with Crippen molar-refractivity contribution in [3.8, 4) is 0 Å². The van der Waals surface area contributed by atoms with Crippen molar-refractivity contribution < 1.29 is 9.59 Å². The molecule has 0 radical (unpaired) electrons. The maximum Gasteiger partial charge on any atom is 0.254 e. The molecule has 1 N–H and O–H groups in total. The second-order valence-electron chi connectivity index (χ2n) is 6.05. The van der Waals surface area contributed by atoms with Gasteiger partial charge in [-0.1, -0.05) is 18.2 Å². The Morgan fingerprint density at radius 3 is 2.42 bits per heavy atom. The highest BCUT2D eigenvalue weighted by Gasteiger charge is 2.25. The number of Topliss-reactive ketones (excluding diaryl/α,β-unsaturated/α-hetero) is 1. The van der Waals surface area contributed by atoms with Gasteiger partial charge in [0.25, 0.3) is 5.91 Å². The SMILES string of the molecule is CC(=O)c1ccccc1C(=O)N1CCC(Nc2cccnc2)CC1. The molecule has 0 unspecified atom stereocenters. The number of nitrogens with zero attached hydrogens (tertiary/aromatic N) is 2. The molecule has 24 heavy (non-hydrogen) atoms. The van der Waals surface area contributed by atoms with Gasteiger partial charge < -0.3 is 10.2 Å². The smallest absolute Gasteiger partial charge is 0.254 e. The highest BCUT2D eigenvalue weighted by Crippen LogP contribution is 2.19. The first-order valence-electron chi connectivity index (χ1n) is 8.21. The summed E-state index contributed by atoms with van der Waals surface area (Å²) in [5.41, 5.74) is 2.01. The van der Waals surface area contributed by atoms with Gasteiger partial charge in [-0.15, -0.1) is 0 Å². The third kappa shape index (κ3) is 3.62. The maximum absolute atomic E-state index is 12.7. The van der Waals surface area contributed by atoms with Crippen molar-refractivity contribution >= 4 is 17.4 Å². The Bertz CT molecular complexity index is 722. The standard InChI is InChI=1S/C19H21N3O2/c1-14(23)17-6-2-3-7-18(17)19(24)22-11-8-15(9-12-22)21-16-5-4-10-20-13-16/h2-7,10,13,15,21H,8-9,11-12H2,1H3. The third-order valence-electron chi connectivity index (χ3n) is 4.35. The van der Waals surface area contributed by atoms with Gasteiger partial charge in [-0.25, -0.2) is 0 Å². The molecular formula is C19H21N3O2. The number of likely N-dealkylation sites (tertiary alicyclic amines) is 1. The van der Waals surface area contributed by atoms with Gasteiger partial charge in [0.2, 0.25) is 0 Å². The minimum atomic E-state index is -0.0768. The van der Waals surface area contributed by atoms with E-state index in [1.54, 1.807) is 36.7 Å². The lowest BCUT2D eigenvalue weighted by molar-refractivity contribution is 0.0714. The van der Waals surface area contributed by atoms with Crippen molar-refractivity contribution in [2.75, 3.05) is 18.4 Å². The Hall–Kier alpha value is -2.69.